The van der Waals surface area contributed by atoms with E-state index in [1.807, 2.05) is 24.3 Å². The Bertz CT molecular complexity index is 439. The molecule has 1 amide bonds. The fourth-order valence-corrected chi connectivity index (χ4v) is 2.57. The average Bonchev–Trinajstić information content (AvgIpc) is 2.42. The van der Waals surface area contributed by atoms with E-state index in [9.17, 15) is 4.79 Å². The topological polar surface area (TPSA) is 48.0 Å². The van der Waals surface area contributed by atoms with Crippen LogP contribution in [0.2, 0.25) is 0 Å². The Morgan fingerprint density at radius 3 is 2.37 bits per heavy atom. The van der Waals surface area contributed by atoms with Crippen molar-refractivity contribution in [2.45, 2.75) is 5.54 Å². The number of ether oxygens (including phenoxy) is 3. The van der Waals surface area contributed by atoms with Gasteiger partial charge in [0.15, 0.2) is 0 Å². The molecule has 1 saturated heterocycles. The third-order valence-electron chi connectivity index (χ3n) is 3.15. The highest BCUT2D eigenvalue weighted by atomic mass is 79.9. The molecule has 0 spiro atoms. The Morgan fingerprint density at radius 1 is 1.37 bits per heavy atom. The van der Waals surface area contributed by atoms with Crippen LogP contribution < -0.4 is 9.64 Å². The maximum absolute atomic E-state index is 12.1. The Hall–Kier alpha value is -1.27. The Labute approximate surface area is 120 Å². The highest BCUT2D eigenvalue weighted by molar-refractivity contribution is 9.09. The molecule has 6 heteroatoms. The summed E-state index contributed by atoms with van der Waals surface area (Å²) in [5.41, 5.74) is 0.372. The number of hydrogen-bond acceptors (Lipinski definition) is 4. The predicted molar refractivity (Wildman–Crippen MR) is 75.2 cm³/mol. The van der Waals surface area contributed by atoms with Gasteiger partial charge in [-0.2, -0.15) is 0 Å². The van der Waals surface area contributed by atoms with Crippen LogP contribution in [0.25, 0.3) is 0 Å². The van der Waals surface area contributed by atoms with Gasteiger partial charge in [0.2, 0.25) is 0 Å². The largest absolute Gasteiger partial charge is 0.497 e. The third kappa shape index (κ3) is 2.55. The van der Waals surface area contributed by atoms with Crippen molar-refractivity contribution in [1.82, 2.24) is 0 Å². The Morgan fingerprint density at radius 2 is 2.00 bits per heavy atom. The lowest BCUT2D eigenvalue weighted by Crippen LogP contribution is -2.65. The van der Waals surface area contributed by atoms with Crippen molar-refractivity contribution in [3.8, 4) is 5.75 Å². The van der Waals surface area contributed by atoms with Gasteiger partial charge in [-0.05, 0) is 24.3 Å². The third-order valence-corrected chi connectivity index (χ3v) is 4.20. The first-order valence-electron chi connectivity index (χ1n) is 5.83. The maximum atomic E-state index is 12.1. The lowest BCUT2D eigenvalue weighted by Gasteiger charge is -2.47. The summed E-state index contributed by atoms with van der Waals surface area (Å²) < 4.78 is 15.3. The molecule has 0 unspecified atom stereocenters. The number of halogens is 1. The number of rotatable bonds is 4. The van der Waals surface area contributed by atoms with Crippen molar-refractivity contribution < 1.29 is 19.0 Å². The van der Waals surface area contributed by atoms with E-state index in [1.165, 1.54) is 7.11 Å². The van der Waals surface area contributed by atoms with E-state index in [-0.39, 0.29) is 5.54 Å². The molecule has 0 radical (unpaired) electrons. The molecule has 1 heterocycles. The lowest BCUT2D eigenvalue weighted by atomic mass is 9.97. The second-order valence-corrected chi connectivity index (χ2v) is 4.91. The van der Waals surface area contributed by atoms with Crippen LogP contribution in [0.15, 0.2) is 24.3 Å². The fourth-order valence-electron chi connectivity index (χ4n) is 2.00. The van der Waals surface area contributed by atoms with Crippen molar-refractivity contribution in [2.24, 2.45) is 0 Å². The van der Waals surface area contributed by atoms with Crippen LogP contribution in [0.3, 0.4) is 0 Å². The summed E-state index contributed by atoms with van der Waals surface area (Å²) >= 11 is 3.45. The highest BCUT2D eigenvalue weighted by Crippen LogP contribution is 2.33. The standard InChI is InChI=1S/C13H16BrNO4/c1-17-11-5-3-10(4-6-11)15(12(16)18-2)13(7-14)8-19-9-13/h3-6H,7-9H2,1-2H3. The van der Waals surface area contributed by atoms with Gasteiger partial charge in [-0.15, -0.1) is 0 Å². The SMILES string of the molecule is COC(=O)N(c1ccc(OC)cc1)C1(CBr)COC1. The van der Waals surface area contributed by atoms with Crippen molar-refractivity contribution in [3.63, 3.8) is 0 Å². The lowest BCUT2D eigenvalue weighted by molar-refractivity contribution is -0.0431. The van der Waals surface area contributed by atoms with Gasteiger partial charge in [0.05, 0.1) is 27.4 Å². The van der Waals surface area contributed by atoms with Crippen molar-refractivity contribution >= 4 is 27.7 Å². The van der Waals surface area contributed by atoms with Gasteiger partial charge >= 0.3 is 6.09 Å². The van der Waals surface area contributed by atoms with E-state index in [0.29, 0.717) is 18.5 Å². The minimum atomic E-state index is -0.395. The van der Waals surface area contributed by atoms with Gasteiger partial charge in [0.25, 0.3) is 0 Å². The first-order chi connectivity index (χ1) is 9.16. The van der Waals surface area contributed by atoms with Crippen LogP contribution in [0.4, 0.5) is 10.5 Å². The second-order valence-electron chi connectivity index (χ2n) is 4.35. The summed E-state index contributed by atoms with van der Waals surface area (Å²) in [5.74, 6) is 0.742. The Kier molecular flexibility index (Phi) is 4.31. The van der Waals surface area contributed by atoms with Crippen LogP contribution in [0.1, 0.15) is 0 Å². The molecule has 0 aliphatic carbocycles. The summed E-state index contributed by atoms with van der Waals surface area (Å²) in [5, 5.41) is 0.626. The molecule has 1 aliphatic heterocycles. The average molecular weight is 330 g/mol. The van der Waals surface area contributed by atoms with Crippen LogP contribution in [-0.4, -0.2) is 44.4 Å². The molecule has 0 N–H and O–H groups in total. The molecule has 0 saturated carbocycles. The maximum Gasteiger partial charge on any atom is 0.414 e. The molecule has 1 aliphatic rings. The normalized spacial score (nSPS) is 16.4. The molecule has 0 bridgehead atoms. The van der Waals surface area contributed by atoms with Gasteiger partial charge in [-0.1, -0.05) is 15.9 Å². The smallest absolute Gasteiger partial charge is 0.414 e. The number of benzene rings is 1. The molecule has 104 valence electrons. The number of alkyl halides is 1. The Balaban J connectivity index is 2.34. The number of anilines is 1. The number of nitrogens with zero attached hydrogens (tertiary/aromatic N) is 1. The van der Waals surface area contributed by atoms with E-state index in [2.05, 4.69) is 15.9 Å². The molecule has 0 atom stereocenters. The van der Waals surface area contributed by atoms with Crippen molar-refractivity contribution in [1.29, 1.82) is 0 Å². The summed E-state index contributed by atoms with van der Waals surface area (Å²) in [7, 11) is 2.98. The highest BCUT2D eigenvalue weighted by Gasteiger charge is 2.47. The second kappa shape index (κ2) is 5.79. The number of carbonyl (C=O) groups excluding carboxylic acids is 1. The van der Waals surface area contributed by atoms with Gasteiger partial charge in [0, 0.05) is 11.0 Å². The molecular formula is C13H16BrNO4. The molecule has 1 aromatic rings. The quantitative estimate of drug-likeness (QED) is 0.796. The molecular weight excluding hydrogens is 314 g/mol. The molecule has 19 heavy (non-hydrogen) atoms. The van der Waals surface area contributed by atoms with Gasteiger partial charge in [-0.3, -0.25) is 4.90 Å². The number of hydrogen-bond donors (Lipinski definition) is 0. The monoisotopic (exact) mass is 329 g/mol. The fraction of sp³-hybridized carbons (Fsp3) is 0.462. The first kappa shape index (κ1) is 14.1. The van der Waals surface area contributed by atoms with Gasteiger partial charge in [0.1, 0.15) is 11.3 Å². The number of carbonyl (C=O) groups is 1. The number of amides is 1. The summed E-state index contributed by atoms with van der Waals surface area (Å²) in [6.45, 7) is 0.971. The van der Waals surface area contributed by atoms with E-state index < -0.39 is 6.09 Å². The minimum absolute atomic E-state index is 0.387. The minimum Gasteiger partial charge on any atom is -0.497 e. The van der Waals surface area contributed by atoms with Gasteiger partial charge in [-0.25, -0.2) is 4.79 Å². The first-order valence-corrected chi connectivity index (χ1v) is 6.95. The van der Waals surface area contributed by atoms with Crippen LogP contribution in [0, 0.1) is 0 Å². The zero-order chi connectivity index (χ0) is 13.9. The summed E-state index contributed by atoms with van der Waals surface area (Å²) in [6, 6.07) is 7.29. The zero-order valence-corrected chi connectivity index (χ0v) is 12.5. The van der Waals surface area contributed by atoms with Gasteiger partial charge < -0.3 is 14.2 Å². The van der Waals surface area contributed by atoms with Crippen molar-refractivity contribution in [2.75, 3.05) is 37.7 Å². The molecule has 0 aromatic heterocycles. The van der Waals surface area contributed by atoms with Crippen molar-refractivity contribution in [3.05, 3.63) is 24.3 Å². The predicted octanol–water partition coefficient (Wildman–Crippen LogP) is 2.43. The molecule has 1 aromatic carbocycles. The van der Waals surface area contributed by atoms with E-state index >= 15 is 0 Å². The molecule has 1 fully saturated rings. The number of methoxy groups -OCH3 is 2. The molecule has 2 rings (SSSR count). The zero-order valence-electron chi connectivity index (χ0n) is 10.9. The van der Waals surface area contributed by atoms with Crippen LogP contribution in [0.5, 0.6) is 5.75 Å². The van der Waals surface area contributed by atoms with Crippen LogP contribution in [-0.2, 0) is 9.47 Å². The summed E-state index contributed by atoms with van der Waals surface area (Å²) in [4.78, 5) is 13.7. The van der Waals surface area contributed by atoms with E-state index in [4.69, 9.17) is 14.2 Å². The molecule has 5 nitrogen and oxygen atoms in total. The summed E-state index contributed by atoms with van der Waals surface area (Å²) in [6.07, 6.45) is -0.395. The van der Waals surface area contributed by atoms with Crippen LogP contribution >= 0.6 is 15.9 Å². The van der Waals surface area contributed by atoms with E-state index in [0.717, 1.165) is 11.4 Å². The van der Waals surface area contributed by atoms with E-state index in [1.54, 1.807) is 12.0 Å².